The normalized spacial score (nSPS) is 18.2. The minimum atomic E-state index is -2.62. The Morgan fingerprint density at radius 2 is 1.22 bits per heavy atom. The molecule has 0 radical (unpaired) electrons. The van der Waals surface area contributed by atoms with E-state index in [1.165, 1.54) is 0 Å². The molecule has 0 saturated heterocycles. The Hall–Kier alpha value is -1.42. The van der Waals surface area contributed by atoms with Gasteiger partial charge in [0.05, 0.1) is 0 Å². The Morgan fingerprint density at radius 1 is 0.826 bits per heavy atom. The molecule has 0 atom stereocenters. The monoisotopic (exact) mass is 366 g/mol. The summed E-state index contributed by atoms with van der Waals surface area (Å²) in [5, 5.41) is 19.0. The predicted molar refractivity (Wildman–Crippen MR) is 83.6 cm³/mol. The summed E-state index contributed by atoms with van der Waals surface area (Å²) in [5.41, 5.74) is -5.04. The van der Waals surface area contributed by atoms with Gasteiger partial charge in [-0.1, -0.05) is 0 Å². The third-order valence-corrected chi connectivity index (χ3v) is 4.27. The molecule has 10 heteroatoms. The van der Waals surface area contributed by atoms with Crippen molar-refractivity contribution < 1.29 is 38.9 Å². The van der Waals surface area contributed by atoms with Gasteiger partial charge in [0.25, 0.3) is 0 Å². The summed E-state index contributed by atoms with van der Waals surface area (Å²) in [7, 11) is 0. The molecule has 130 valence electrons. The Kier molecular flexibility index (Phi) is 6.75. The number of carboxylic acids is 2. The molecule has 1 aliphatic rings. The number of aliphatic carboxylic acids is 2. The number of hydrogen-bond donors (Lipinski definition) is 4. The number of thiol groups is 2. The second kappa shape index (κ2) is 7.91. The van der Waals surface area contributed by atoms with E-state index in [0.29, 0.717) is 0 Å². The Labute approximate surface area is 143 Å². The molecule has 0 heterocycles. The molecule has 0 spiro atoms. The van der Waals surface area contributed by atoms with Crippen LogP contribution in [0, 0.1) is 10.8 Å². The number of ether oxygens (including phenoxy) is 2. The number of hydrogen-bond acceptors (Lipinski definition) is 8. The summed E-state index contributed by atoms with van der Waals surface area (Å²) < 4.78 is 9.75. The quantitative estimate of drug-likeness (QED) is 0.274. The van der Waals surface area contributed by atoms with Crippen LogP contribution in [-0.4, -0.2) is 58.8 Å². The Balaban J connectivity index is 3.42. The maximum Gasteiger partial charge on any atom is 0.325 e. The van der Waals surface area contributed by atoms with Crippen molar-refractivity contribution >= 4 is 49.1 Å². The van der Waals surface area contributed by atoms with Gasteiger partial charge >= 0.3 is 23.9 Å². The lowest BCUT2D eigenvalue weighted by molar-refractivity contribution is -0.196. The number of carboxylic acid groups (broad SMARTS) is 2. The van der Waals surface area contributed by atoms with Crippen molar-refractivity contribution in [3.63, 3.8) is 0 Å². The van der Waals surface area contributed by atoms with Crippen LogP contribution in [0.5, 0.6) is 0 Å². The Bertz CT molecular complexity index is 470. The van der Waals surface area contributed by atoms with Crippen molar-refractivity contribution in [2.45, 2.75) is 19.3 Å². The van der Waals surface area contributed by atoms with E-state index < -0.39 is 34.7 Å². The summed E-state index contributed by atoms with van der Waals surface area (Å²) in [4.78, 5) is 48.3. The lowest BCUT2D eigenvalue weighted by Gasteiger charge is -2.35. The van der Waals surface area contributed by atoms with Crippen LogP contribution in [0.4, 0.5) is 0 Å². The standard InChI is InChI=1S/C13H18O8S2/c14-8(15)12(9(16)17)2-1-3-13(12,10(18)20-4-6-22)11(19)21-5-7-23/h22-23H,1-7H2,(H,14,15)(H,16,17). The fraction of sp³-hybridized carbons (Fsp3) is 0.692. The summed E-state index contributed by atoms with van der Waals surface area (Å²) >= 11 is 7.72. The largest absolute Gasteiger partial charge is 0.480 e. The van der Waals surface area contributed by atoms with Crippen molar-refractivity contribution in [3.05, 3.63) is 0 Å². The van der Waals surface area contributed by atoms with Crippen LogP contribution >= 0.6 is 25.3 Å². The molecular formula is C13H18O8S2. The third kappa shape index (κ3) is 3.14. The van der Waals surface area contributed by atoms with E-state index in [0.717, 1.165) is 0 Å². The third-order valence-electron chi connectivity index (χ3n) is 3.91. The summed E-state index contributed by atoms with van der Waals surface area (Å²) in [6.07, 6.45) is -0.587. The molecule has 8 nitrogen and oxygen atoms in total. The van der Waals surface area contributed by atoms with Gasteiger partial charge in [0.1, 0.15) is 13.2 Å². The molecule has 1 saturated carbocycles. The second-order valence-corrected chi connectivity index (χ2v) is 5.89. The molecule has 0 bridgehead atoms. The first-order valence-corrected chi connectivity index (χ1v) is 8.10. The molecule has 1 rings (SSSR count). The predicted octanol–water partition coefficient (Wildman–Crippen LogP) is 0.258. The number of carbonyl (C=O) groups excluding carboxylic acids is 2. The fourth-order valence-electron chi connectivity index (χ4n) is 2.87. The molecule has 1 fully saturated rings. The van der Waals surface area contributed by atoms with Crippen LogP contribution in [0.3, 0.4) is 0 Å². The van der Waals surface area contributed by atoms with Gasteiger partial charge in [0.15, 0.2) is 10.8 Å². The summed E-state index contributed by atoms with van der Waals surface area (Å²) in [5.74, 6) is -5.68. The van der Waals surface area contributed by atoms with Gasteiger partial charge in [-0.3, -0.25) is 19.2 Å². The second-order valence-electron chi connectivity index (χ2n) is 4.99. The zero-order valence-electron chi connectivity index (χ0n) is 12.2. The van der Waals surface area contributed by atoms with Gasteiger partial charge < -0.3 is 19.7 Å². The van der Waals surface area contributed by atoms with Crippen molar-refractivity contribution in [1.82, 2.24) is 0 Å². The minimum absolute atomic E-state index is 0.0601. The lowest BCUT2D eigenvalue weighted by Crippen LogP contribution is -2.59. The van der Waals surface area contributed by atoms with Gasteiger partial charge in [-0.05, 0) is 19.3 Å². The SMILES string of the molecule is O=C(O)C1(C(=O)O)CCCC1(C(=O)OCCS)C(=O)OCCS. The number of esters is 2. The molecule has 0 aromatic rings. The first-order valence-electron chi connectivity index (χ1n) is 6.84. The summed E-state index contributed by atoms with van der Waals surface area (Å²) in [6, 6.07) is 0. The molecule has 0 amide bonds. The molecule has 0 aliphatic heterocycles. The average molecular weight is 366 g/mol. The molecule has 0 aromatic heterocycles. The van der Waals surface area contributed by atoms with E-state index in [4.69, 9.17) is 9.47 Å². The molecule has 0 unspecified atom stereocenters. The zero-order valence-corrected chi connectivity index (χ0v) is 14.0. The van der Waals surface area contributed by atoms with Crippen LogP contribution < -0.4 is 0 Å². The van der Waals surface area contributed by atoms with E-state index in [9.17, 15) is 29.4 Å². The topological polar surface area (TPSA) is 127 Å². The van der Waals surface area contributed by atoms with Crippen molar-refractivity contribution in [1.29, 1.82) is 0 Å². The first-order chi connectivity index (χ1) is 10.8. The summed E-state index contributed by atoms with van der Waals surface area (Å²) in [6.45, 7) is -0.363. The van der Waals surface area contributed by atoms with Gasteiger partial charge in [0, 0.05) is 11.5 Å². The smallest absolute Gasteiger partial charge is 0.325 e. The van der Waals surface area contributed by atoms with Crippen LogP contribution in [0.25, 0.3) is 0 Å². The molecule has 2 N–H and O–H groups in total. The highest BCUT2D eigenvalue weighted by Gasteiger charge is 2.74. The van der Waals surface area contributed by atoms with Crippen molar-refractivity contribution in [2.75, 3.05) is 24.7 Å². The van der Waals surface area contributed by atoms with E-state index in [1.807, 2.05) is 0 Å². The zero-order chi connectivity index (χ0) is 17.7. The van der Waals surface area contributed by atoms with E-state index >= 15 is 0 Å². The highest BCUT2D eigenvalue weighted by Crippen LogP contribution is 2.55. The fourth-order valence-corrected chi connectivity index (χ4v) is 3.06. The highest BCUT2D eigenvalue weighted by atomic mass is 32.1. The van der Waals surface area contributed by atoms with Gasteiger partial charge in [-0.15, -0.1) is 0 Å². The molecule has 0 aromatic carbocycles. The van der Waals surface area contributed by atoms with E-state index in [1.54, 1.807) is 0 Å². The van der Waals surface area contributed by atoms with Crippen molar-refractivity contribution in [2.24, 2.45) is 10.8 Å². The van der Waals surface area contributed by atoms with Gasteiger partial charge in [0.2, 0.25) is 0 Å². The van der Waals surface area contributed by atoms with Crippen LogP contribution in [0.15, 0.2) is 0 Å². The Morgan fingerprint density at radius 3 is 1.57 bits per heavy atom. The van der Waals surface area contributed by atoms with Crippen LogP contribution in [0.2, 0.25) is 0 Å². The molecule has 1 aliphatic carbocycles. The minimum Gasteiger partial charge on any atom is -0.480 e. The maximum absolute atomic E-state index is 12.5. The van der Waals surface area contributed by atoms with Crippen LogP contribution in [-0.2, 0) is 28.7 Å². The maximum atomic E-state index is 12.5. The number of rotatable bonds is 8. The van der Waals surface area contributed by atoms with E-state index in [-0.39, 0.29) is 44.0 Å². The van der Waals surface area contributed by atoms with Crippen LogP contribution in [0.1, 0.15) is 19.3 Å². The average Bonchev–Trinajstić information content (AvgIpc) is 2.92. The van der Waals surface area contributed by atoms with Crippen molar-refractivity contribution in [3.8, 4) is 0 Å². The van der Waals surface area contributed by atoms with Gasteiger partial charge in [-0.25, -0.2) is 0 Å². The van der Waals surface area contributed by atoms with E-state index in [2.05, 4.69) is 25.3 Å². The number of carbonyl (C=O) groups is 4. The highest BCUT2D eigenvalue weighted by molar-refractivity contribution is 7.80. The van der Waals surface area contributed by atoms with Gasteiger partial charge in [-0.2, -0.15) is 25.3 Å². The lowest BCUT2D eigenvalue weighted by atomic mass is 9.65. The molecular weight excluding hydrogens is 348 g/mol. The molecule has 23 heavy (non-hydrogen) atoms. The first kappa shape index (κ1) is 19.6.